The number of carbonyl (C=O) groups excluding carboxylic acids is 1. The first-order valence-electron chi connectivity index (χ1n) is 8.38. The number of aryl methyl sites for hydroxylation is 1. The maximum atomic E-state index is 11.6. The number of rotatable bonds is 7. The van der Waals surface area contributed by atoms with Crippen molar-refractivity contribution in [1.29, 1.82) is 0 Å². The molecule has 0 saturated carbocycles. The number of aromatic nitrogens is 1. The molecule has 1 amide bonds. The summed E-state index contributed by atoms with van der Waals surface area (Å²) in [4.78, 5) is 18.1. The highest BCUT2D eigenvalue weighted by atomic mass is 35.5. The molecule has 2 aromatic rings. The van der Waals surface area contributed by atoms with Crippen LogP contribution < -0.4 is 10.5 Å². The molecule has 0 radical (unpaired) electrons. The monoisotopic (exact) mass is 379 g/mol. The summed E-state index contributed by atoms with van der Waals surface area (Å²) in [6, 6.07) is 7.10. The third-order valence-corrected chi connectivity index (χ3v) is 4.41. The predicted octanol–water partition coefficient (Wildman–Crippen LogP) is 2.16. The highest BCUT2D eigenvalue weighted by molar-refractivity contribution is 6.30. The molecule has 1 aromatic carbocycles. The molecule has 1 unspecified atom stereocenters. The van der Waals surface area contributed by atoms with Gasteiger partial charge in [0.15, 0.2) is 5.89 Å². The second-order valence-corrected chi connectivity index (χ2v) is 6.93. The van der Waals surface area contributed by atoms with Crippen molar-refractivity contribution in [2.75, 3.05) is 26.3 Å². The maximum absolute atomic E-state index is 11.6. The van der Waals surface area contributed by atoms with E-state index in [1.54, 1.807) is 31.4 Å². The fourth-order valence-electron chi connectivity index (χ4n) is 3.10. The van der Waals surface area contributed by atoms with Crippen molar-refractivity contribution in [2.45, 2.75) is 25.5 Å². The Bertz CT molecular complexity index is 766. The Morgan fingerprint density at radius 2 is 2.35 bits per heavy atom. The van der Waals surface area contributed by atoms with Crippen LogP contribution in [-0.2, 0) is 16.1 Å². The van der Waals surface area contributed by atoms with Crippen molar-refractivity contribution in [2.24, 2.45) is 5.73 Å². The molecule has 0 aliphatic carbocycles. The van der Waals surface area contributed by atoms with Gasteiger partial charge in [-0.25, -0.2) is 4.98 Å². The first-order valence-corrected chi connectivity index (χ1v) is 8.76. The van der Waals surface area contributed by atoms with Gasteiger partial charge in [0.1, 0.15) is 24.2 Å². The fraction of sp³-hybridized carbons (Fsp3) is 0.444. The van der Waals surface area contributed by atoms with E-state index in [-0.39, 0.29) is 13.0 Å². The molecule has 0 bridgehead atoms. The molecule has 1 aliphatic heterocycles. The Labute approximate surface area is 157 Å². The Morgan fingerprint density at radius 3 is 3.04 bits per heavy atom. The van der Waals surface area contributed by atoms with Crippen LogP contribution in [0.15, 0.2) is 34.9 Å². The molecule has 0 spiro atoms. The van der Waals surface area contributed by atoms with E-state index < -0.39 is 11.5 Å². The number of nitrogens with two attached hydrogens (primary N) is 1. The van der Waals surface area contributed by atoms with Crippen molar-refractivity contribution in [3.63, 3.8) is 0 Å². The Balaban J connectivity index is 1.69. The Kier molecular flexibility index (Phi) is 5.80. The fourth-order valence-corrected chi connectivity index (χ4v) is 3.28. The third kappa shape index (κ3) is 4.97. The summed E-state index contributed by atoms with van der Waals surface area (Å²) < 4.78 is 17.1. The number of primary amides is 1. The van der Waals surface area contributed by atoms with Gasteiger partial charge in [0.05, 0.1) is 18.7 Å². The van der Waals surface area contributed by atoms with E-state index in [2.05, 4.69) is 9.88 Å². The van der Waals surface area contributed by atoms with E-state index in [4.69, 9.17) is 31.2 Å². The van der Waals surface area contributed by atoms with Gasteiger partial charge in [-0.15, -0.1) is 0 Å². The molecule has 140 valence electrons. The molecule has 1 atom stereocenters. The van der Waals surface area contributed by atoms with Gasteiger partial charge in [-0.1, -0.05) is 17.7 Å². The van der Waals surface area contributed by atoms with Gasteiger partial charge in [-0.3, -0.25) is 9.69 Å². The van der Waals surface area contributed by atoms with Crippen molar-refractivity contribution < 1.29 is 18.7 Å². The van der Waals surface area contributed by atoms with Crippen molar-refractivity contribution >= 4 is 17.5 Å². The highest BCUT2D eigenvalue weighted by Crippen LogP contribution is 2.26. The Morgan fingerprint density at radius 1 is 1.50 bits per heavy atom. The number of amides is 1. The zero-order valence-corrected chi connectivity index (χ0v) is 15.4. The molecule has 1 aliphatic rings. The van der Waals surface area contributed by atoms with Crippen LogP contribution in [0.1, 0.15) is 18.0 Å². The lowest BCUT2D eigenvalue weighted by atomic mass is 9.97. The number of carbonyl (C=O) groups is 1. The van der Waals surface area contributed by atoms with Crippen molar-refractivity contribution in [3.05, 3.63) is 47.1 Å². The summed E-state index contributed by atoms with van der Waals surface area (Å²) in [6.45, 7) is 4.32. The molecule has 1 aromatic heterocycles. The number of hydrogen-bond acceptors (Lipinski definition) is 6. The molecule has 7 nitrogen and oxygen atoms in total. The largest absolute Gasteiger partial charge is 0.490 e. The zero-order chi connectivity index (χ0) is 18.6. The molecule has 2 heterocycles. The van der Waals surface area contributed by atoms with Gasteiger partial charge in [-0.05, 0) is 18.2 Å². The third-order valence-electron chi connectivity index (χ3n) is 4.17. The number of morpholine rings is 1. The number of oxazole rings is 1. The number of benzene rings is 1. The first-order chi connectivity index (χ1) is 12.4. The second kappa shape index (κ2) is 8.07. The molecule has 1 fully saturated rings. The predicted molar refractivity (Wildman–Crippen MR) is 96.0 cm³/mol. The smallest absolute Gasteiger partial charge is 0.220 e. The van der Waals surface area contributed by atoms with E-state index in [0.29, 0.717) is 36.4 Å². The van der Waals surface area contributed by atoms with E-state index >= 15 is 0 Å². The lowest BCUT2D eigenvalue weighted by molar-refractivity contribution is -0.148. The van der Waals surface area contributed by atoms with Crippen LogP contribution in [0.5, 0.6) is 5.75 Å². The van der Waals surface area contributed by atoms with Crippen LogP contribution in [-0.4, -0.2) is 47.7 Å². The average Bonchev–Trinajstić information content (AvgIpc) is 2.98. The van der Waals surface area contributed by atoms with E-state index in [1.165, 1.54) is 0 Å². The molecule has 2 N–H and O–H groups in total. The molecule has 1 saturated heterocycles. The topological polar surface area (TPSA) is 90.8 Å². The van der Waals surface area contributed by atoms with Gasteiger partial charge in [-0.2, -0.15) is 0 Å². The number of ether oxygens (including phenoxy) is 2. The van der Waals surface area contributed by atoms with Gasteiger partial charge in [0.2, 0.25) is 5.91 Å². The summed E-state index contributed by atoms with van der Waals surface area (Å²) in [5.74, 6) is 0.814. The summed E-state index contributed by atoms with van der Waals surface area (Å²) in [6.07, 6.45) is 1.71. The van der Waals surface area contributed by atoms with Crippen LogP contribution >= 0.6 is 11.6 Å². The van der Waals surface area contributed by atoms with Gasteiger partial charge >= 0.3 is 0 Å². The van der Waals surface area contributed by atoms with Gasteiger partial charge in [0.25, 0.3) is 0 Å². The minimum absolute atomic E-state index is 0.0713. The van der Waals surface area contributed by atoms with Crippen molar-refractivity contribution in [3.8, 4) is 5.75 Å². The van der Waals surface area contributed by atoms with E-state index in [1.807, 2.05) is 6.07 Å². The van der Waals surface area contributed by atoms with Crippen LogP contribution in [0, 0.1) is 6.92 Å². The second-order valence-electron chi connectivity index (χ2n) is 6.49. The lowest BCUT2D eigenvalue weighted by Crippen LogP contribution is -2.56. The summed E-state index contributed by atoms with van der Waals surface area (Å²) >= 11 is 5.99. The molecular weight excluding hydrogens is 358 g/mol. The summed E-state index contributed by atoms with van der Waals surface area (Å²) in [7, 11) is 0. The average molecular weight is 380 g/mol. The van der Waals surface area contributed by atoms with Crippen LogP contribution in [0.4, 0.5) is 0 Å². The minimum atomic E-state index is -0.814. The number of hydrogen-bond donors (Lipinski definition) is 1. The number of nitrogens with zero attached hydrogens (tertiary/aromatic N) is 2. The van der Waals surface area contributed by atoms with Crippen LogP contribution in [0.2, 0.25) is 5.02 Å². The maximum Gasteiger partial charge on any atom is 0.220 e. The lowest BCUT2D eigenvalue weighted by Gasteiger charge is -2.41. The summed E-state index contributed by atoms with van der Waals surface area (Å²) in [5, 5.41) is 0.582. The zero-order valence-electron chi connectivity index (χ0n) is 14.6. The van der Waals surface area contributed by atoms with E-state index in [9.17, 15) is 4.79 Å². The first kappa shape index (κ1) is 18.7. The van der Waals surface area contributed by atoms with E-state index in [0.717, 1.165) is 12.2 Å². The minimum Gasteiger partial charge on any atom is -0.490 e. The quantitative estimate of drug-likeness (QED) is 0.792. The Hall–Kier alpha value is -2.09. The molecule has 8 heteroatoms. The normalized spacial score (nSPS) is 20.8. The van der Waals surface area contributed by atoms with Crippen LogP contribution in [0.25, 0.3) is 0 Å². The molecular formula is C18H22ClN3O4. The van der Waals surface area contributed by atoms with Gasteiger partial charge < -0.3 is 19.6 Å². The molecule has 26 heavy (non-hydrogen) atoms. The van der Waals surface area contributed by atoms with Crippen molar-refractivity contribution in [1.82, 2.24) is 9.88 Å². The van der Waals surface area contributed by atoms with Gasteiger partial charge in [0, 0.05) is 31.6 Å². The standard InChI is InChI=1S/C18H22ClN3O4/c1-13-21-15(10-24-13)9-22-5-6-26-18(11-22,8-17(20)23)12-25-16-4-2-3-14(19)7-16/h2-4,7,10H,5-6,8-9,11-12H2,1H3,(H2,20,23). The summed E-state index contributed by atoms with van der Waals surface area (Å²) in [5.41, 5.74) is 5.49. The van der Waals surface area contributed by atoms with Crippen LogP contribution in [0.3, 0.4) is 0 Å². The number of halogens is 1. The molecule has 3 rings (SSSR count). The highest BCUT2D eigenvalue weighted by Gasteiger charge is 2.39. The SMILES string of the molecule is Cc1nc(CN2CCOC(COc3cccc(Cl)c3)(CC(N)=O)C2)co1.